The fraction of sp³-hybridized carbons (Fsp3) is 0.684. The van der Waals surface area contributed by atoms with Crippen LogP contribution in [0.15, 0.2) is 18.2 Å². The molecule has 1 heterocycles. The van der Waals surface area contributed by atoms with Crippen LogP contribution in [-0.2, 0) is 6.42 Å². The van der Waals surface area contributed by atoms with E-state index in [9.17, 15) is 5.11 Å². The Kier molecular flexibility index (Phi) is 6.72. The van der Waals surface area contributed by atoms with Gasteiger partial charge in [-0.2, -0.15) is 0 Å². The van der Waals surface area contributed by atoms with Crippen LogP contribution in [0.25, 0.3) is 0 Å². The molecule has 1 saturated heterocycles. The zero-order valence-electron chi connectivity index (χ0n) is 14.9. The number of likely N-dealkylation sites (tertiary alicyclic amines) is 1. The van der Waals surface area contributed by atoms with Crippen LogP contribution in [-0.4, -0.2) is 48.5 Å². The predicted molar refractivity (Wildman–Crippen MR) is 93.3 cm³/mol. The minimum absolute atomic E-state index is 0.123. The van der Waals surface area contributed by atoms with E-state index in [-0.39, 0.29) is 18.1 Å². The largest absolute Gasteiger partial charge is 0.490 e. The molecule has 2 rings (SSSR count). The van der Waals surface area contributed by atoms with E-state index in [0.717, 1.165) is 44.0 Å². The maximum Gasteiger partial charge on any atom is 0.161 e. The molecule has 1 N–H and O–H groups in total. The lowest BCUT2D eigenvalue weighted by molar-refractivity contribution is 0.0290. The molecule has 1 aromatic carbocycles. The Balaban J connectivity index is 2.11. The molecule has 4 nitrogen and oxygen atoms in total. The van der Waals surface area contributed by atoms with Crippen LogP contribution in [0.1, 0.15) is 39.7 Å². The summed E-state index contributed by atoms with van der Waals surface area (Å²) in [5.41, 5.74) is 1.20. The summed E-state index contributed by atoms with van der Waals surface area (Å²) in [6.07, 6.45) is 1.66. The first-order chi connectivity index (χ1) is 11.0. The molecule has 4 heteroatoms. The standard InChI is InChI=1S/C19H31NO3/c1-5-20-10-9-17(21)16(13-20)11-15-7-8-18(23-14(3)4)19(12-15)22-6-2/h7-8,12,14,16-17,21H,5-6,9-11,13H2,1-4H3. The number of piperidine rings is 1. The van der Waals surface area contributed by atoms with E-state index in [0.29, 0.717) is 6.61 Å². The zero-order chi connectivity index (χ0) is 16.8. The van der Waals surface area contributed by atoms with Gasteiger partial charge < -0.3 is 19.5 Å². The Labute approximate surface area is 140 Å². The van der Waals surface area contributed by atoms with Crippen molar-refractivity contribution >= 4 is 0 Å². The Morgan fingerprint density at radius 3 is 2.70 bits per heavy atom. The summed E-state index contributed by atoms with van der Waals surface area (Å²) in [7, 11) is 0. The highest BCUT2D eigenvalue weighted by Gasteiger charge is 2.27. The van der Waals surface area contributed by atoms with E-state index in [1.54, 1.807) is 0 Å². The van der Waals surface area contributed by atoms with E-state index >= 15 is 0 Å². The molecule has 1 aromatic rings. The molecule has 0 radical (unpaired) electrons. The van der Waals surface area contributed by atoms with Crippen LogP contribution in [0, 0.1) is 5.92 Å². The van der Waals surface area contributed by atoms with E-state index in [1.807, 2.05) is 26.8 Å². The summed E-state index contributed by atoms with van der Waals surface area (Å²) in [6.45, 7) is 11.8. The summed E-state index contributed by atoms with van der Waals surface area (Å²) in [6, 6.07) is 6.16. The quantitative estimate of drug-likeness (QED) is 0.838. The number of hydrogen-bond acceptors (Lipinski definition) is 4. The highest BCUT2D eigenvalue weighted by atomic mass is 16.5. The molecule has 0 bridgehead atoms. The Bertz CT molecular complexity index is 490. The molecule has 130 valence electrons. The van der Waals surface area contributed by atoms with E-state index in [2.05, 4.69) is 24.0 Å². The van der Waals surface area contributed by atoms with Gasteiger partial charge in [-0.1, -0.05) is 13.0 Å². The van der Waals surface area contributed by atoms with Gasteiger partial charge in [-0.05, 0) is 57.9 Å². The highest BCUT2D eigenvalue weighted by Crippen LogP contribution is 2.31. The normalized spacial score (nSPS) is 22.3. The van der Waals surface area contributed by atoms with Gasteiger partial charge in [0.1, 0.15) is 0 Å². The van der Waals surface area contributed by atoms with Gasteiger partial charge >= 0.3 is 0 Å². The minimum atomic E-state index is -0.208. The molecular formula is C19H31NO3. The number of nitrogens with zero attached hydrogens (tertiary/aromatic N) is 1. The second-order valence-corrected chi connectivity index (χ2v) is 6.59. The van der Waals surface area contributed by atoms with Crippen LogP contribution in [0.3, 0.4) is 0 Å². The Hall–Kier alpha value is -1.26. The van der Waals surface area contributed by atoms with Gasteiger partial charge in [-0.25, -0.2) is 0 Å². The van der Waals surface area contributed by atoms with Gasteiger partial charge in [-0.3, -0.25) is 0 Å². The number of benzene rings is 1. The van der Waals surface area contributed by atoms with Crippen LogP contribution in [0.5, 0.6) is 11.5 Å². The van der Waals surface area contributed by atoms with Gasteiger partial charge in [0.25, 0.3) is 0 Å². The smallest absolute Gasteiger partial charge is 0.161 e. The van der Waals surface area contributed by atoms with Gasteiger partial charge in [0.15, 0.2) is 11.5 Å². The van der Waals surface area contributed by atoms with Gasteiger partial charge in [0.05, 0.1) is 18.8 Å². The Morgan fingerprint density at radius 1 is 1.26 bits per heavy atom. The van der Waals surface area contributed by atoms with Crippen molar-refractivity contribution in [1.29, 1.82) is 0 Å². The van der Waals surface area contributed by atoms with Crippen LogP contribution in [0.2, 0.25) is 0 Å². The third-order valence-electron chi connectivity index (χ3n) is 4.39. The number of aliphatic hydroxyl groups is 1. The molecule has 1 aliphatic rings. The SMILES string of the molecule is CCOc1cc(CC2CN(CC)CCC2O)ccc1OC(C)C. The highest BCUT2D eigenvalue weighted by molar-refractivity contribution is 5.43. The predicted octanol–water partition coefficient (Wildman–Crippen LogP) is 3.12. The minimum Gasteiger partial charge on any atom is -0.490 e. The summed E-state index contributed by atoms with van der Waals surface area (Å²) < 4.78 is 11.6. The first-order valence-electron chi connectivity index (χ1n) is 8.86. The Morgan fingerprint density at radius 2 is 2.04 bits per heavy atom. The van der Waals surface area contributed by atoms with Gasteiger partial charge in [0, 0.05) is 19.0 Å². The second-order valence-electron chi connectivity index (χ2n) is 6.59. The molecule has 0 amide bonds. The molecule has 1 aliphatic heterocycles. The van der Waals surface area contributed by atoms with Crippen molar-refractivity contribution < 1.29 is 14.6 Å². The molecule has 1 fully saturated rings. The lowest BCUT2D eigenvalue weighted by Gasteiger charge is -2.35. The molecule has 2 atom stereocenters. The summed E-state index contributed by atoms with van der Waals surface area (Å²) in [4.78, 5) is 2.41. The summed E-state index contributed by atoms with van der Waals surface area (Å²) in [5, 5.41) is 10.3. The molecule has 0 aromatic heterocycles. The number of ether oxygens (including phenoxy) is 2. The van der Waals surface area contributed by atoms with E-state index in [1.165, 1.54) is 5.56 Å². The maximum atomic E-state index is 10.3. The van der Waals surface area contributed by atoms with Crippen molar-refractivity contribution in [2.45, 2.75) is 52.7 Å². The third kappa shape index (κ3) is 5.11. The lowest BCUT2D eigenvalue weighted by Crippen LogP contribution is -2.43. The monoisotopic (exact) mass is 321 g/mol. The number of rotatable bonds is 7. The fourth-order valence-corrected chi connectivity index (χ4v) is 3.18. The van der Waals surface area contributed by atoms with Gasteiger partial charge in [-0.15, -0.1) is 0 Å². The third-order valence-corrected chi connectivity index (χ3v) is 4.39. The average molecular weight is 321 g/mol. The first kappa shape index (κ1) is 18.1. The zero-order valence-corrected chi connectivity index (χ0v) is 14.9. The van der Waals surface area contributed by atoms with Crippen molar-refractivity contribution in [2.75, 3.05) is 26.2 Å². The summed E-state index contributed by atoms with van der Waals surface area (Å²) >= 11 is 0. The lowest BCUT2D eigenvalue weighted by atomic mass is 9.88. The van der Waals surface area contributed by atoms with Crippen molar-refractivity contribution in [1.82, 2.24) is 4.90 Å². The number of aliphatic hydroxyl groups excluding tert-OH is 1. The van der Waals surface area contributed by atoms with Crippen LogP contribution in [0.4, 0.5) is 0 Å². The molecule has 0 saturated carbocycles. The van der Waals surface area contributed by atoms with Crippen molar-refractivity contribution in [2.24, 2.45) is 5.92 Å². The van der Waals surface area contributed by atoms with Crippen LogP contribution < -0.4 is 9.47 Å². The summed E-state index contributed by atoms with van der Waals surface area (Å²) in [5.74, 6) is 1.89. The fourth-order valence-electron chi connectivity index (χ4n) is 3.18. The average Bonchev–Trinajstić information content (AvgIpc) is 2.52. The second kappa shape index (κ2) is 8.55. The molecule has 0 aliphatic carbocycles. The van der Waals surface area contributed by atoms with E-state index < -0.39 is 0 Å². The van der Waals surface area contributed by atoms with Crippen molar-refractivity contribution in [3.63, 3.8) is 0 Å². The first-order valence-corrected chi connectivity index (χ1v) is 8.86. The maximum absolute atomic E-state index is 10.3. The van der Waals surface area contributed by atoms with E-state index in [4.69, 9.17) is 9.47 Å². The molecule has 2 unspecified atom stereocenters. The number of hydrogen-bond donors (Lipinski definition) is 1. The topological polar surface area (TPSA) is 41.9 Å². The van der Waals surface area contributed by atoms with Crippen molar-refractivity contribution in [3.8, 4) is 11.5 Å². The van der Waals surface area contributed by atoms with Gasteiger partial charge in [0.2, 0.25) is 0 Å². The van der Waals surface area contributed by atoms with Crippen LogP contribution >= 0.6 is 0 Å². The molecule has 0 spiro atoms. The van der Waals surface area contributed by atoms with Crippen molar-refractivity contribution in [3.05, 3.63) is 23.8 Å². The molecule has 23 heavy (non-hydrogen) atoms. The molecular weight excluding hydrogens is 290 g/mol.